The number of rotatable bonds is 7. The first-order valence-corrected chi connectivity index (χ1v) is 11.3. The largest absolute Gasteiger partial charge is 0.378 e. The highest BCUT2D eigenvalue weighted by Crippen LogP contribution is 2.17. The summed E-state index contributed by atoms with van der Waals surface area (Å²) in [5.74, 6) is -1.77. The minimum Gasteiger partial charge on any atom is -0.378 e. The number of nitrogens with zero attached hydrogens (tertiary/aromatic N) is 2. The Labute approximate surface area is 208 Å². The maximum Gasteiger partial charge on any atom is 0.287 e. The van der Waals surface area contributed by atoms with Gasteiger partial charge in [0.1, 0.15) is 11.5 Å². The number of benzene rings is 4. The van der Waals surface area contributed by atoms with Gasteiger partial charge in [0.25, 0.3) is 11.8 Å². The lowest BCUT2D eigenvalue weighted by Crippen LogP contribution is -2.32. The molecule has 0 aromatic heterocycles. The van der Waals surface area contributed by atoms with Gasteiger partial charge in [0.05, 0.1) is 6.21 Å². The van der Waals surface area contributed by atoms with Gasteiger partial charge in [-0.1, -0.05) is 60.7 Å². The summed E-state index contributed by atoms with van der Waals surface area (Å²) in [5.41, 5.74) is 5.06. The van der Waals surface area contributed by atoms with E-state index >= 15 is 0 Å². The summed E-state index contributed by atoms with van der Waals surface area (Å²) in [6.07, 6.45) is 3.09. The van der Waals surface area contributed by atoms with Gasteiger partial charge in [0.2, 0.25) is 0 Å². The number of hydrogen-bond acceptors (Lipinski definition) is 4. The zero-order valence-corrected chi connectivity index (χ0v) is 19.9. The van der Waals surface area contributed by atoms with Crippen LogP contribution in [0.5, 0.6) is 0 Å². The van der Waals surface area contributed by atoms with Gasteiger partial charge in [0.15, 0.2) is 0 Å². The highest BCUT2D eigenvalue weighted by Gasteiger charge is 2.15. The second-order valence-electron chi connectivity index (χ2n) is 8.28. The maximum absolute atomic E-state index is 13.6. The average Bonchev–Trinajstić information content (AvgIpc) is 2.88. The predicted molar refractivity (Wildman–Crippen MR) is 142 cm³/mol. The molecular weight excluding hydrogens is 455 g/mol. The third-order valence-electron chi connectivity index (χ3n) is 5.49. The summed E-state index contributed by atoms with van der Waals surface area (Å²) in [4.78, 5) is 27.7. The summed E-state index contributed by atoms with van der Waals surface area (Å²) in [6, 6.07) is 26.4. The fourth-order valence-electron chi connectivity index (χ4n) is 3.60. The van der Waals surface area contributed by atoms with E-state index in [1.54, 1.807) is 12.3 Å². The number of fused-ring (bicyclic) bond motifs is 1. The van der Waals surface area contributed by atoms with Crippen LogP contribution in [-0.2, 0) is 4.79 Å². The first kappa shape index (κ1) is 24.3. The van der Waals surface area contributed by atoms with Crippen molar-refractivity contribution >= 4 is 40.6 Å². The summed E-state index contributed by atoms with van der Waals surface area (Å²) in [5, 5.41) is 8.73. The molecule has 36 heavy (non-hydrogen) atoms. The minimum atomic E-state index is -0.618. The number of carbonyl (C=O) groups is 2. The number of carbonyl (C=O) groups excluding carboxylic acids is 2. The van der Waals surface area contributed by atoms with Crippen LogP contribution in [0.4, 0.5) is 10.1 Å². The van der Waals surface area contributed by atoms with Crippen molar-refractivity contribution in [1.29, 1.82) is 0 Å². The zero-order chi connectivity index (χ0) is 25.5. The van der Waals surface area contributed by atoms with Crippen molar-refractivity contribution in [2.75, 3.05) is 19.0 Å². The maximum atomic E-state index is 13.6. The Morgan fingerprint density at radius 3 is 2.36 bits per heavy atom. The van der Waals surface area contributed by atoms with Gasteiger partial charge in [-0.3, -0.25) is 9.59 Å². The fraction of sp³-hybridized carbons (Fsp3) is 0.0690. The molecule has 0 aliphatic carbocycles. The molecule has 4 aromatic rings. The van der Waals surface area contributed by atoms with Crippen LogP contribution in [0.1, 0.15) is 21.5 Å². The molecule has 0 aliphatic heterocycles. The van der Waals surface area contributed by atoms with Crippen molar-refractivity contribution in [3.8, 4) is 0 Å². The van der Waals surface area contributed by atoms with E-state index < -0.39 is 17.6 Å². The van der Waals surface area contributed by atoms with Gasteiger partial charge >= 0.3 is 0 Å². The molecule has 0 atom stereocenters. The normalized spacial score (nSPS) is 11.5. The highest BCUT2D eigenvalue weighted by atomic mass is 19.1. The second-order valence-corrected chi connectivity index (χ2v) is 8.28. The summed E-state index contributed by atoms with van der Waals surface area (Å²) in [7, 11) is 3.85. The van der Waals surface area contributed by atoms with Crippen LogP contribution in [-0.4, -0.2) is 32.1 Å². The van der Waals surface area contributed by atoms with Crippen molar-refractivity contribution in [2.24, 2.45) is 5.10 Å². The molecule has 4 aromatic carbocycles. The third kappa shape index (κ3) is 6.01. The Morgan fingerprint density at radius 1 is 0.889 bits per heavy atom. The molecule has 0 heterocycles. The smallest absolute Gasteiger partial charge is 0.287 e. The monoisotopic (exact) mass is 480 g/mol. The van der Waals surface area contributed by atoms with Gasteiger partial charge in [0, 0.05) is 30.9 Å². The molecule has 7 heteroatoms. The fourth-order valence-corrected chi connectivity index (χ4v) is 3.60. The molecule has 0 spiro atoms. The minimum absolute atomic E-state index is 0.0306. The van der Waals surface area contributed by atoms with E-state index in [4.69, 9.17) is 0 Å². The van der Waals surface area contributed by atoms with Crippen LogP contribution in [0, 0.1) is 5.82 Å². The third-order valence-corrected chi connectivity index (χ3v) is 5.49. The Morgan fingerprint density at radius 2 is 1.61 bits per heavy atom. The number of hydrogen-bond donors (Lipinski definition) is 2. The van der Waals surface area contributed by atoms with Crippen molar-refractivity contribution in [2.45, 2.75) is 0 Å². The molecule has 0 saturated heterocycles. The van der Waals surface area contributed by atoms with E-state index in [1.807, 2.05) is 85.7 Å². The first-order valence-electron chi connectivity index (χ1n) is 11.3. The van der Waals surface area contributed by atoms with E-state index in [9.17, 15) is 14.0 Å². The van der Waals surface area contributed by atoms with Crippen molar-refractivity contribution in [3.63, 3.8) is 0 Å². The molecule has 4 rings (SSSR count). The predicted octanol–water partition coefficient (Wildman–Crippen LogP) is 4.97. The Balaban J connectivity index is 1.58. The van der Waals surface area contributed by atoms with Crippen molar-refractivity contribution in [3.05, 3.63) is 119 Å². The van der Waals surface area contributed by atoms with Gasteiger partial charge < -0.3 is 10.2 Å². The van der Waals surface area contributed by atoms with E-state index in [0.717, 1.165) is 28.1 Å². The van der Waals surface area contributed by atoms with Crippen LogP contribution in [0.15, 0.2) is 102 Å². The van der Waals surface area contributed by atoms with Crippen LogP contribution in [0.25, 0.3) is 16.8 Å². The summed E-state index contributed by atoms with van der Waals surface area (Å²) in [6.45, 7) is 0. The lowest BCUT2D eigenvalue weighted by atomic mass is 10.1. The summed E-state index contributed by atoms with van der Waals surface area (Å²) < 4.78 is 13.6. The second kappa shape index (κ2) is 11.1. The van der Waals surface area contributed by atoms with Gasteiger partial charge in [-0.2, -0.15) is 5.10 Å². The summed E-state index contributed by atoms with van der Waals surface area (Å²) >= 11 is 0. The lowest BCUT2D eigenvalue weighted by molar-refractivity contribution is -0.117. The van der Waals surface area contributed by atoms with Crippen LogP contribution in [0.3, 0.4) is 0 Å². The molecule has 0 unspecified atom stereocenters. The first-order chi connectivity index (χ1) is 17.4. The molecule has 180 valence electrons. The van der Waals surface area contributed by atoms with Gasteiger partial charge in [-0.25, -0.2) is 9.82 Å². The van der Waals surface area contributed by atoms with Crippen LogP contribution in [0.2, 0.25) is 0 Å². The molecule has 2 amide bonds. The Bertz CT molecular complexity index is 1450. The van der Waals surface area contributed by atoms with Crippen LogP contribution < -0.4 is 15.6 Å². The van der Waals surface area contributed by atoms with Gasteiger partial charge in [-0.15, -0.1) is 0 Å². The quantitative estimate of drug-likeness (QED) is 0.223. The highest BCUT2D eigenvalue weighted by molar-refractivity contribution is 6.06. The number of anilines is 1. The molecule has 6 nitrogen and oxygen atoms in total. The van der Waals surface area contributed by atoms with E-state index in [2.05, 4.69) is 15.8 Å². The van der Waals surface area contributed by atoms with Gasteiger partial charge in [-0.05, 0) is 52.7 Å². The van der Waals surface area contributed by atoms with Crippen molar-refractivity contribution in [1.82, 2.24) is 10.7 Å². The molecule has 2 N–H and O–H groups in total. The molecule has 0 radical (unpaired) electrons. The lowest BCUT2D eigenvalue weighted by Gasteiger charge is -2.13. The SMILES string of the molecule is CN(C)c1ccc(/C=C(\NC(=O)c2cccc(F)c2)C(=O)N/N=C/c2cccc3ccccc23)cc1. The van der Waals surface area contributed by atoms with E-state index in [1.165, 1.54) is 18.2 Å². The Kier molecular flexibility index (Phi) is 7.51. The standard InChI is InChI=1S/C29H25FN4O2/c1-34(2)25-15-13-20(14-16-25)17-27(32-28(35)22-9-6-11-24(30)18-22)29(36)33-31-19-23-10-5-8-21-7-3-4-12-26(21)23/h3-19H,1-2H3,(H,32,35)(H,33,36)/b27-17-,31-19+. The number of halogens is 1. The molecule has 0 bridgehead atoms. The van der Waals surface area contributed by atoms with E-state index in [0.29, 0.717) is 5.56 Å². The average molecular weight is 481 g/mol. The molecular formula is C29H25FN4O2. The van der Waals surface area contributed by atoms with Crippen molar-refractivity contribution < 1.29 is 14.0 Å². The molecule has 0 aliphatic rings. The zero-order valence-electron chi connectivity index (χ0n) is 19.9. The molecule has 0 fully saturated rings. The Hall–Kier alpha value is -4.78. The number of hydrazone groups is 1. The van der Waals surface area contributed by atoms with E-state index in [-0.39, 0.29) is 11.3 Å². The molecule has 0 saturated carbocycles. The van der Waals surface area contributed by atoms with Crippen LogP contribution >= 0.6 is 0 Å². The number of nitrogens with one attached hydrogen (secondary N) is 2. The topological polar surface area (TPSA) is 73.8 Å². The number of amides is 2.